The summed E-state index contributed by atoms with van der Waals surface area (Å²) in [7, 11) is 0. The summed E-state index contributed by atoms with van der Waals surface area (Å²) in [6, 6.07) is 16.4. The molecule has 12 nitrogen and oxygen atoms in total. The molecule has 2 amide bonds. The molecule has 1 fully saturated rings. The Bertz CT molecular complexity index is 1230. The van der Waals surface area contributed by atoms with E-state index in [1.807, 2.05) is 65.6 Å². The first kappa shape index (κ1) is 26.6. The average Bonchev–Trinajstić information content (AvgIpc) is 3.34. The van der Waals surface area contributed by atoms with Gasteiger partial charge in [0.1, 0.15) is 18.7 Å². The summed E-state index contributed by atoms with van der Waals surface area (Å²) in [6.45, 7) is 3.78. The van der Waals surface area contributed by atoms with Gasteiger partial charge in [0.05, 0.1) is 13.2 Å². The van der Waals surface area contributed by atoms with Crippen molar-refractivity contribution in [1.82, 2.24) is 25.4 Å². The first-order valence-electron chi connectivity index (χ1n) is 12.3. The Kier molecular flexibility index (Phi) is 8.88. The molecule has 2 aromatic carbocycles. The van der Waals surface area contributed by atoms with Gasteiger partial charge in [0.15, 0.2) is 0 Å². The Hall–Kier alpha value is -4.45. The maximum absolute atomic E-state index is 13.2. The topological polar surface area (TPSA) is 154 Å². The van der Waals surface area contributed by atoms with Gasteiger partial charge in [0.2, 0.25) is 17.8 Å². The summed E-state index contributed by atoms with van der Waals surface area (Å²) >= 11 is 0. The smallest absolute Gasteiger partial charge is 0.408 e. The number of morpholine rings is 1. The van der Waals surface area contributed by atoms with E-state index in [9.17, 15) is 14.4 Å². The van der Waals surface area contributed by atoms with E-state index in [1.54, 1.807) is 0 Å². The van der Waals surface area contributed by atoms with E-state index in [0.29, 0.717) is 32.3 Å². The van der Waals surface area contributed by atoms with Gasteiger partial charge in [0, 0.05) is 19.5 Å². The number of nitrogens with one attached hydrogen (secondary N) is 2. The summed E-state index contributed by atoms with van der Waals surface area (Å²) in [4.78, 5) is 44.9. The van der Waals surface area contributed by atoms with Crippen LogP contribution in [0.5, 0.6) is 0 Å². The summed E-state index contributed by atoms with van der Waals surface area (Å²) in [6.07, 6.45) is -0.555. The molecule has 0 bridgehead atoms. The van der Waals surface area contributed by atoms with E-state index in [4.69, 9.17) is 15.2 Å². The van der Waals surface area contributed by atoms with Crippen molar-refractivity contribution in [1.29, 1.82) is 0 Å². The number of anilines is 2. The minimum absolute atomic E-state index is 0.0539. The zero-order chi connectivity index (χ0) is 26.9. The van der Waals surface area contributed by atoms with Crippen LogP contribution in [0.1, 0.15) is 22.8 Å². The largest absolute Gasteiger partial charge is 0.445 e. The van der Waals surface area contributed by atoms with Gasteiger partial charge in [0.25, 0.3) is 5.91 Å². The van der Waals surface area contributed by atoms with Gasteiger partial charge in [-0.15, -0.1) is 5.10 Å². The Balaban J connectivity index is 1.41. The molecular formula is C26H31N7O5. The van der Waals surface area contributed by atoms with E-state index < -0.39 is 30.0 Å². The SMILES string of the molecule is C[C@H](NC(=O)[C@H](Cc1ccccc1)NC(=O)OCc1ccccc1)C(=O)n1nc(N2CCOCC2)nc1N. The summed E-state index contributed by atoms with van der Waals surface area (Å²) in [5.74, 6) is -0.880. The average molecular weight is 522 g/mol. The van der Waals surface area contributed by atoms with Crippen LogP contribution in [-0.4, -0.2) is 71.1 Å². The number of benzene rings is 2. The molecule has 2 heterocycles. The number of hydrogen-bond acceptors (Lipinski definition) is 9. The predicted molar refractivity (Wildman–Crippen MR) is 139 cm³/mol. The summed E-state index contributed by atoms with van der Waals surface area (Å²) < 4.78 is 11.6. The molecule has 0 saturated carbocycles. The van der Waals surface area contributed by atoms with Crippen LogP contribution in [0.4, 0.5) is 16.7 Å². The van der Waals surface area contributed by atoms with Crippen LogP contribution in [0.25, 0.3) is 0 Å². The number of alkyl carbamates (subject to hydrolysis) is 1. The Morgan fingerprint density at radius 3 is 2.29 bits per heavy atom. The predicted octanol–water partition coefficient (Wildman–Crippen LogP) is 1.38. The van der Waals surface area contributed by atoms with Crippen LogP contribution in [0, 0.1) is 0 Å². The number of nitrogen functional groups attached to an aromatic ring is 1. The normalized spacial score (nSPS) is 14.8. The Morgan fingerprint density at radius 1 is 1.00 bits per heavy atom. The molecule has 0 aliphatic carbocycles. The number of hydrogen-bond donors (Lipinski definition) is 3. The third-order valence-electron chi connectivity index (χ3n) is 5.96. The van der Waals surface area contributed by atoms with E-state index >= 15 is 0 Å². The zero-order valence-corrected chi connectivity index (χ0v) is 21.1. The lowest BCUT2D eigenvalue weighted by molar-refractivity contribution is -0.123. The molecule has 1 aromatic heterocycles. The van der Waals surface area contributed by atoms with Crippen molar-refractivity contribution in [3.05, 3.63) is 71.8 Å². The van der Waals surface area contributed by atoms with Crippen LogP contribution in [0.2, 0.25) is 0 Å². The van der Waals surface area contributed by atoms with Crippen LogP contribution in [0.3, 0.4) is 0 Å². The fourth-order valence-corrected chi connectivity index (χ4v) is 3.90. The van der Waals surface area contributed by atoms with Crippen molar-refractivity contribution in [2.24, 2.45) is 0 Å². The molecule has 2 atom stereocenters. The Morgan fingerprint density at radius 2 is 1.63 bits per heavy atom. The molecule has 1 saturated heterocycles. The third-order valence-corrected chi connectivity index (χ3v) is 5.96. The maximum Gasteiger partial charge on any atom is 0.408 e. The van der Waals surface area contributed by atoms with Crippen molar-refractivity contribution >= 4 is 29.8 Å². The molecule has 200 valence electrons. The number of aromatic nitrogens is 3. The number of carbonyl (C=O) groups is 3. The number of nitrogens with two attached hydrogens (primary N) is 1. The minimum atomic E-state index is -0.996. The number of nitrogens with zero attached hydrogens (tertiary/aromatic N) is 4. The lowest BCUT2D eigenvalue weighted by atomic mass is 10.1. The molecule has 38 heavy (non-hydrogen) atoms. The second kappa shape index (κ2) is 12.7. The van der Waals surface area contributed by atoms with Gasteiger partial charge in [-0.25, -0.2) is 4.79 Å². The van der Waals surface area contributed by atoms with E-state index in [1.165, 1.54) is 6.92 Å². The van der Waals surface area contributed by atoms with Crippen molar-refractivity contribution < 1.29 is 23.9 Å². The second-order valence-electron chi connectivity index (χ2n) is 8.80. The quantitative estimate of drug-likeness (QED) is 0.379. The fourth-order valence-electron chi connectivity index (χ4n) is 3.90. The molecule has 1 aliphatic rings. The fraction of sp³-hybridized carbons (Fsp3) is 0.346. The molecule has 3 aromatic rings. The van der Waals surface area contributed by atoms with Crippen LogP contribution in [0.15, 0.2) is 60.7 Å². The van der Waals surface area contributed by atoms with Gasteiger partial charge in [-0.3, -0.25) is 9.59 Å². The maximum atomic E-state index is 13.2. The highest BCUT2D eigenvalue weighted by Crippen LogP contribution is 2.13. The molecule has 4 N–H and O–H groups in total. The first-order valence-corrected chi connectivity index (χ1v) is 12.3. The van der Waals surface area contributed by atoms with Crippen LogP contribution < -0.4 is 21.3 Å². The lowest BCUT2D eigenvalue weighted by Gasteiger charge is -2.25. The monoisotopic (exact) mass is 521 g/mol. The second-order valence-corrected chi connectivity index (χ2v) is 8.80. The highest BCUT2D eigenvalue weighted by molar-refractivity contribution is 5.92. The number of rotatable bonds is 9. The molecule has 0 radical (unpaired) electrons. The van der Waals surface area contributed by atoms with Crippen LogP contribution in [-0.2, 0) is 27.3 Å². The highest BCUT2D eigenvalue weighted by Gasteiger charge is 2.28. The number of amides is 2. The van der Waals surface area contributed by atoms with Gasteiger partial charge < -0.3 is 30.7 Å². The standard InChI is InChI=1S/C26H31N7O5/c1-18(23(35)33-24(27)30-25(31-33)32-12-14-37-15-13-32)28-22(34)21(16-19-8-4-2-5-9-19)29-26(36)38-17-20-10-6-3-7-11-20/h2-11,18,21H,12-17H2,1H3,(H,28,34)(H,29,36)(H2,27,30,31)/t18-,21-/m0/s1. The molecule has 12 heteroatoms. The molecular weight excluding hydrogens is 490 g/mol. The minimum Gasteiger partial charge on any atom is -0.445 e. The molecule has 4 rings (SSSR count). The third kappa shape index (κ3) is 7.07. The summed E-state index contributed by atoms with van der Waals surface area (Å²) in [5.41, 5.74) is 7.59. The van der Waals surface area contributed by atoms with Gasteiger partial charge in [-0.2, -0.15) is 9.67 Å². The molecule has 1 aliphatic heterocycles. The van der Waals surface area contributed by atoms with E-state index in [2.05, 4.69) is 20.7 Å². The van der Waals surface area contributed by atoms with Crippen molar-refractivity contribution in [2.45, 2.75) is 32.0 Å². The van der Waals surface area contributed by atoms with Crippen molar-refractivity contribution in [2.75, 3.05) is 36.9 Å². The van der Waals surface area contributed by atoms with Gasteiger partial charge in [-0.1, -0.05) is 60.7 Å². The van der Waals surface area contributed by atoms with Gasteiger partial charge in [-0.05, 0) is 18.1 Å². The van der Waals surface area contributed by atoms with E-state index in [0.717, 1.165) is 15.8 Å². The van der Waals surface area contributed by atoms with Crippen molar-refractivity contribution in [3.8, 4) is 0 Å². The molecule has 0 unspecified atom stereocenters. The number of carbonyl (C=O) groups excluding carboxylic acids is 3. The molecule has 0 spiro atoms. The van der Waals surface area contributed by atoms with Crippen LogP contribution >= 0.6 is 0 Å². The Labute approximate surface area is 220 Å². The number of ether oxygens (including phenoxy) is 2. The first-order chi connectivity index (χ1) is 18.4. The zero-order valence-electron chi connectivity index (χ0n) is 21.1. The van der Waals surface area contributed by atoms with Gasteiger partial charge >= 0.3 is 6.09 Å². The highest BCUT2D eigenvalue weighted by atomic mass is 16.5. The van der Waals surface area contributed by atoms with Crippen molar-refractivity contribution in [3.63, 3.8) is 0 Å². The van der Waals surface area contributed by atoms with E-state index in [-0.39, 0.29) is 19.0 Å². The summed E-state index contributed by atoms with van der Waals surface area (Å²) in [5, 5.41) is 9.51. The lowest BCUT2D eigenvalue weighted by Crippen LogP contribution is -2.52.